The van der Waals surface area contributed by atoms with Crippen LogP contribution in [0.3, 0.4) is 0 Å². The van der Waals surface area contributed by atoms with E-state index in [0.29, 0.717) is 46.7 Å². The normalized spacial score (nSPS) is 21.1. The second-order valence-corrected chi connectivity index (χ2v) is 10.6. The number of halogens is 1. The van der Waals surface area contributed by atoms with Gasteiger partial charge in [-0.05, 0) is 44.5 Å². The van der Waals surface area contributed by atoms with Crippen LogP contribution in [0.15, 0.2) is 75.8 Å². The lowest BCUT2D eigenvalue weighted by Crippen LogP contribution is -2.36. The Bertz CT molecular complexity index is 1600. The van der Waals surface area contributed by atoms with Crippen LogP contribution < -0.4 is 10.1 Å². The van der Waals surface area contributed by atoms with Gasteiger partial charge in [0.25, 0.3) is 0 Å². The number of hydrogen-bond donors (Lipinski definition) is 1. The van der Waals surface area contributed by atoms with Gasteiger partial charge in [0.2, 0.25) is 0 Å². The van der Waals surface area contributed by atoms with Crippen molar-refractivity contribution in [3.05, 3.63) is 72.2 Å². The molecule has 4 heterocycles. The fourth-order valence-electron chi connectivity index (χ4n) is 5.02. The van der Waals surface area contributed by atoms with E-state index in [1.807, 2.05) is 42.8 Å². The summed E-state index contributed by atoms with van der Waals surface area (Å²) in [4.78, 5) is 20.0. The van der Waals surface area contributed by atoms with Gasteiger partial charge in [0.05, 0.1) is 47.5 Å². The van der Waals surface area contributed by atoms with Gasteiger partial charge in [-0.3, -0.25) is 0 Å². The molecule has 2 bridgehead atoms. The van der Waals surface area contributed by atoms with Gasteiger partial charge < -0.3 is 24.3 Å². The van der Waals surface area contributed by atoms with E-state index in [4.69, 9.17) is 14.5 Å². The molecule has 2 fully saturated rings. The minimum absolute atomic E-state index is 0.220. The molecule has 0 saturated carbocycles. The minimum atomic E-state index is -0.444. The zero-order valence-electron chi connectivity index (χ0n) is 24.9. The third kappa shape index (κ3) is 5.99. The Morgan fingerprint density at radius 3 is 2.76 bits per heavy atom. The smallest absolute Gasteiger partial charge is 0.160 e. The van der Waals surface area contributed by atoms with Crippen molar-refractivity contribution in [3.8, 4) is 11.5 Å². The first-order chi connectivity index (χ1) is 20.3. The standard InChI is InChI=1S/C28H28FN7O2.C4H10/c1-5-21-27(33-17(3)36-12-20-10-18(36)13-37-20)28(31-14-30-21)34-22-7-9-25(16(2)26(22)29)38-19-6-8-24-23(11-19)32-15-35(24)4;1-3-4-2/h5-9,11,14-15,18,20H,3,10,12-13H2,1-2,4H3,(H,30,31,34);3-4H2,1-2H3/b21-5+,33-27+;. The number of aryl methyl sites for hydroxylation is 1. The van der Waals surface area contributed by atoms with Crippen molar-refractivity contribution in [2.45, 2.75) is 59.1 Å². The Morgan fingerprint density at radius 2 is 2.07 bits per heavy atom. The molecule has 3 aliphatic heterocycles. The molecule has 6 rings (SSSR count). The van der Waals surface area contributed by atoms with E-state index in [2.05, 4.69) is 45.6 Å². The van der Waals surface area contributed by atoms with Crippen molar-refractivity contribution in [3.63, 3.8) is 0 Å². The first-order valence-corrected chi connectivity index (χ1v) is 14.4. The molecule has 1 aromatic heterocycles. The largest absolute Gasteiger partial charge is 0.457 e. The number of ether oxygens (including phenoxy) is 2. The van der Waals surface area contributed by atoms with Crippen LogP contribution in [0.25, 0.3) is 11.0 Å². The lowest BCUT2D eigenvalue weighted by molar-refractivity contribution is 0.0443. The Labute approximate surface area is 246 Å². The van der Waals surface area contributed by atoms with Crippen LogP contribution in [0.1, 0.15) is 45.6 Å². The summed E-state index contributed by atoms with van der Waals surface area (Å²) < 4.78 is 29.2. The van der Waals surface area contributed by atoms with Crippen LogP contribution >= 0.6 is 0 Å². The highest BCUT2D eigenvalue weighted by Gasteiger charge is 2.39. The Hall–Kier alpha value is -4.31. The summed E-state index contributed by atoms with van der Waals surface area (Å²) in [5.41, 5.74) is 3.55. The highest BCUT2D eigenvalue weighted by Crippen LogP contribution is 2.33. The molecular formula is C32H38FN7O2. The summed E-state index contributed by atoms with van der Waals surface area (Å²) in [6, 6.07) is 9.24. The molecule has 1 N–H and O–H groups in total. The number of hydrogen-bond acceptors (Lipinski definition) is 8. The molecule has 2 saturated heterocycles. The SMILES string of the molecule is C=C(/N=C1/C(Nc2ccc(Oc3ccc4c(c3)ncn4C)c(C)c2F)=NC=N/C1=C/C)N1CC2CC1CO2.CCCC. The maximum atomic E-state index is 15.6. The lowest BCUT2D eigenvalue weighted by atomic mass is 10.1. The molecule has 9 nitrogen and oxygen atoms in total. The molecule has 0 amide bonds. The molecule has 2 atom stereocenters. The number of aromatic nitrogens is 2. The molecule has 42 heavy (non-hydrogen) atoms. The van der Waals surface area contributed by atoms with Crippen LogP contribution in [0.5, 0.6) is 11.5 Å². The molecule has 0 spiro atoms. The van der Waals surface area contributed by atoms with E-state index in [1.54, 1.807) is 25.4 Å². The van der Waals surface area contributed by atoms with Crippen molar-refractivity contribution >= 4 is 34.6 Å². The quantitative estimate of drug-likeness (QED) is 0.353. The number of morpholine rings is 1. The maximum absolute atomic E-state index is 15.6. The summed E-state index contributed by atoms with van der Waals surface area (Å²) in [5, 5.41) is 3.11. The molecule has 3 aliphatic rings. The minimum Gasteiger partial charge on any atom is -0.457 e. The molecule has 2 aromatic carbocycles. The van der Waals surface area contributed by atoms with Crippen molar-refractivity contribution in [2.75, 3.05) is 18.5 Å². The van der Waals surface area contributed by atoms with Crippen LogP contribution in [0.2, 0.25) is 0 Å². The van der Waals surface area contributed by atoms with Gasteiger partial charge in [-0.15, -0.1) is 0 Å². The zero-order chi connectivity index (χ0) is 29.8. The molecule has 3 aromatic rings. The van der Waals surface area contributed by atoms with Gasteiger partial charge in [-0.1, -0.05) is 39.3 Å². The number of rotatable bonds is 6. The summed E-state index contributed by atoms with van der Waals surface area (Å²) in [5.74, 6) is 1.56. The number of likely N-dealkylation sites (tertiary alicyclic amines) is 1. The van der Waals surface area contributed by atoms with Crippen LogP contribution in [0, 0.1) is 12.7 Å². The van der Waals surface area contributed by atoms with Gasteiger partial charge >= 0.3 is 0 Å². The van der Waals surface area contributed by atoms with E-state index in [0.717, 1.165) is 24.0 Å². The maximum Gasteiger partial charge on any atom is 0.160 e. The Kier molecular flexibility index (Phi) is 8.82. The number of unbranched alkanes of at least 4 members (excludes halogenated alkanes) is 1. The van der Waals surface area contributed by atoms with Gasteiger partial charge in [-0.2, -0.15) is 0 Å². The van der Waals surface area contributed by atoms with E-state index < -0.39 is 5.82 Å². The Morgan fingerprint density at radius 1 is 1.26 bits per heavy atom. The number of anilines is 1. The number of nitrogens with one attached hydrogen (secondary N) is 1. The van der Waals surface area contributed by atoms with Crippen LogP contribution in [0.4, 0.5) is 10.1 Å². The van der Waals surface area contributed by atoms with Gasteiger partial charge in [0, 0.05) is 25.2 Å². The molecule has 0 radical (unpaired) electrons. The fraction of sp³-hybridized carbons (Fsp3) is 0.375. The topological polar surface area (TPSA) is 88.6 Å². The second kappa shape index (κ2) is 12.7. The second-order valence-electron chi connectivity index (χ2n) is 10.6. The first-order valence-electron chi connectivity index (χ1n) is 14.4. The average molecular weight is 572 g/mol. The highest BCUT2D eigenvalue weighted by molar-refractivity contribution is 6.52. The molecule has 0 aliphatic carbocycles. The number of imidazole rings is 1. The lowest BCUT2D eigenvalue weighted by Gasteiger charge is -2.29. The zero-order valence-corrected chi connectivity index (χ0v) is 24.9. The summed E-state index contributed by atoms with van der Waals surface area (Å²) >= 11 is 0. The van der Waals surface area contributed by atoms with Crippen molar-refractivity contribution in [1.82, 2.24) is 14.5 Å². The summed E-state index contributed by atoms with van der Waals surface area (Å²) in [6.45, 7) is 13.5. The molecular weight excluding hydrogens is 533 g/mol. The van der Waals surface area contributed by atoms with E-state index in [-0.39, 0.29) is 17.8 Å². The predicted molar refractivity (Wildman–Crippen MR) is 167 cm³/mol. The van der Waals surface area contributed by atoms with Crippen LogP contribution in [-0.2, 0) is 11.8 Å². The predicted octanol–water partition coefficient (Wildman–Crippen LogP) is 6.76. The third-order valence-electron chi connectivity index (χ3n) is 7.61. The highest BCUT2D eigenvalue weighted by atomic mass is 19.1. The molecule has 220 valence electrons. The number of allylic oxidation sites excluding steroid dienone is 1. The van der Waals surface area contributed by atoms with Crippen LogP contribution in [-0.4, -0.2) is 57.6 Å². The van der Waals surface area contributed by atoms with Crippen molar-refractivity contribution < 1.29 is 13.9 Å². The Balaban J connectivity index is 0.000000830. The van der Waals surface area contributed by atoms with Gasteiger partial charge in [0.1, 0.15) is 29.4 Å². The van der Waals surface area contributed by atoms with Crippen molar-refractivity contribution in [1.29, 1.82) is 0 Å². The van der Waals surface area contributed by atoms with E-state index >= 15 is 4.39 Å². The number of fused-ring (bicyclic) bond motifs is 3. The van der Waals surface area contributed by atoms with E-state index in [9.17, 15) is 0 Å². The number of nitrogens with zero attached hydrogens (tertiary/aromatic N) is 6. The van der Waals surface area contributed by atoms with Gasteiger partial charge in [-0.25, -0.2) is 24.4 Å². The summed E-state index contributed by atoms with van der Waals surface area (Å²) in [6.07, 6.45) is 8.86. The first kappa shape index (κ1) is 29.2. The van der Waals surface area contributed by atoms with Gasteiger partial charge in [0.15, 0.2) is 11.7 Å². The van der Waals surface area contributed by atoms with Crippen molar-refractivity contribution in [2.24, 2.45) is 22.0 Å². The average Bonchev–Trinajstić information content (AvgIpc) is 3.74. The number of benzene rings is 2. The monoisotopic (exact) mass is 571 g/mol. The summed E-state index contributed by atoms with van der Waals surface area (Å²) in [7, 11) is 1.93. The molecule has 10 heteroatoms. The van der Waals surface area contributed by atoms with E-state index in [1.165, 1.54) is 19.2 Å². The third-order valence-corrected chi connectivity index (χ3v) is 7.61. The number of aliphatic imine (C=N–C) groups is 3. The fourth-order valence-corrected chi connectivity index (χ4v) is 5.02. The number of amidine groups is 1. The molecule has 2 unspecified atom stereocenters.